The zero-order valence-corrected chi connectivity index (χ0v) is 16.5. The Morgan fingerprint density at radius 2 is 1.56 bits per heavy atom. The summed E-state index contributed by atoms with van der Waals surface area (Å²) in [6.07, 6.45) is 0. The maximum Gasteiger partial charge on any atom is 0.202 e. The van der Waals surface area contributed by atoms with Gasteiger partial charge in [-0.1, -0.05) is 6.07 Å². The second-order valence-electron chi connectivity index (χ2n) is 6.78. The van der Waals surface area contributed by atoms with Gasteiger partial charge in [-0.3, -0.25) is 4.79 Å². The van der Waals surface area contributed by atoms with Gasteiger partial charge in [-0.25, -0.2) is 0 Å². The fourth-order valence-corrected chi connectivity index (χ4v) is 3.21. The van der Waals surface area contributed by atoms with E-state index in [0.29, 0.717) is 11.3 Å². The first kappa shape index (κ1) is 18.8. The van der Waals surface area contributed by atoms with Gasteiger partial charge < -0.3 is 14.0 Å². The molecule has 27 heavy (non-hydrogen) atoms. The first-order valence-electron chi connectivity index (χ1n) is 8.97. The number of hydrogen-bond acceptors (Lipinski definition) is 3. The number of ketones is 1. The lowest BCUT2D eigenvalue weighted by Crippen LogP contribution is -2.12. The molecule has 3 rings (SSSR count). The van der Waals surface area contributed by atoms with Crippen LogP contribution >= 0.6 is 0 Å². The van der Waals surface area contributed by atoms with E-state index in [-0.39, 0.29) is 12.4 Å². The van der Waals surface area contributed by atoms with E-state index < -0.39 is 0 Å². The van der Waals surface area contributed by atoms with Crippen molar-refractivity contribution in [1.29, 1.82) is 0 Å². The van der Waals surface area contributed by atoms with Crippen LogP contribution in [-0.2, 0) is 0 Å². The predicted molar refractivity (Wildman–Crippen MR) is 108 cm³/mol. The predicted octanol–water partition coefficient (Wildman–Crippen LogP) is 4.98. The van der Waals surface area contributed by atoms with E-state index in [1.165, 1.54) is 11.1 Å². The molecule has 1 aromatic heterocycles. The Morgan fingerprint density at radius 1 is 0.889 bits per heavy atom. The third-order valence-electron chi connectivity index (χ3n) is 4.91. The number of benzene rings is 2. The standard InChI is InChI=1S/C23H25NO3/c1-15-6-7-19(12-16(15)2)24-17(3)13-22(18(24)4)23(25)14-27-21-10-8-20(26-5)9-11-21/h6-13H,14H2,1-5H3. The highest BCUT2D eigenvalue weighted by atomic mass is 16.5. The zero-order chi connectivity index (χ0) is 19.6. The first-order chi connectivity index (χ1) is 12.9. The van der Waals surface area contributed by atoms with Crippen molar-refractivity contribution >= 4 is 5.78 Å². The van der Waals surface area contributed by atoms with Crippen LogP contribution < -0.4 is 9.47 Å². The summed E-state index contributed by atoms with van der Waals surface area (Å²) in [7, 11) is 1.62. The second kappa shape index (κ2) is 7.70. The number of hydrogen-bond donors (Lipinski definition) is 0. The molecule has 0 unspecified atom stereocenters. The summed E-state index contributed by atoms with van der Waals surface area (Å²) < 4.78 is 12.9. The van der Waals surface area contributed by atoms with Crippen molar-refractivity contribution in [1.82, 2.24) is 4.57 Å². The summed E-state index contributed by atoms with van der Waals surface area (Å²) >= 11 is 0. The van der Waals surface area contributed by atoms with Crippen LogP contribution in [-0.4, -0.2) is 24.1 Å². The van der Waals surface area contributed by atoms with E-state index in [1.54, 1.807) is 19.2 Å². The average molecular weight is 363 g/mol. The molecule has 0 spiro atoms. The van der Waals surface area contributed by atoms with Gasteiger partial charge in [-0.15, -0.1) is 0 Å². The Morgan fingerprint density at radius 3 is 2.19 bits per heavy atom. The molecular weight excluding hydrogens is 338 g/mol. The van der Waals surface area contributed by atoms with Crippen molar-refractivity contribution in [3.8, 4) is 17.2 Å². The molecule has 0 N–H and O–H groups in total. The van der Waals surface area contributed by atoms with Gasteiger partial charge in [0.2, 0.25) is 5.78 Å². The number of rotatable bonds is 6. The van der Waals surface area contributed by atoms with Crippen LogP contribution in [0.25, 0.3) is 5.69 Å². The van der Waals surface area contributed by atoms with Gasteiger partial charge in [0.05, 0.1) is 7.11 Å². The van der Waals surface area contributed by atoms with Crippen molar-refractivity contribution < 1.29 is 14.3 Å². The topological polar surface area (TPSA) is 40.5 Å². The number of methoxy groups -OCH3 is 1. The summed E-state index contributed by atoms with van der Waals surface area (Å²) in [6.45, 7) is 8.19. The number of ether oxygens (including phenoxy) is 2. The van der Waals surface area contributed by atoms with Crippen LogP contribution in [0.5, 0.6) is 11.5 Å². The summed E-state index contributed by atoms with van der Waals surface area (Å²) in [4.78, 5) is 12.7. The third kappa shape index (κ3) is 3.90. The van der Waals surface area contributed by atoms with Crippen LogP contribution in [0.15, 0.2) is 48.5 Å². The monoisotopic (exact) mass is 363 g/mol. The van der Waals surface area contributed by atoms with E-state index in [1.807, 2.05) is 32.0 Å². The lowest BCUT2D eigenvalue weighted by molar-refractivity contribution is 0.0921. The van der Waals surface area contributed by atoms with Gasteiger partial charge in [-0.2, -0.15) is 0 Å². The minimum Gasteiger partial charge on any atom is -0.497 e. The molecule has 4 heteroatoms. The summed E-state index contributed by atoms with van der Waals surface area (Å²) in [5.74, 6) is 1.37. The Hall–Kier alpha value is -3.01. The van der Waals surface area contributed by atoms with E-state index >= 15 is 0 Å². The van der Waals surface area contributed by atoms with Gasteiger partial charge in [0.25, 0.3) is 0 Å². The molecule has 1 heterocycles. The number of aromatic nitrogens is 1. The third-order valence-corrected chi connectivity index (χ3v) is 4.91. The highest BCUT2D eigenvalue weighted by molar-refractivity contribution is 5.98. The fraction of sp³-hybridized carbons (Fsp3) is 0.261. The largest absolute Gasteiger partial charge is 0.497 e. The normalized spacial score (nSPS) is 10.7. The number of aryl methyl sites for hydroxylation is 3. The molecule has 140 valence electrons. The Labute approximate surface area is 160 Å². The van der Waals surface area contributed by atoms with Crippen molar-refractivity contribution in [3.63, 3.8) is 0 Å². The minimum atomic E-state index is -0.0333. The molecule has 0 atom stereocenters. The first-order valence-corrected chi connectivity index (χ1v) is 8.97. The van der Waals surface area contributed by atoms with E-state index in [0.717, 1.165) is 22.8 Å². The molecule has 3 aromatic rings. The molecule has 0 aliphatic rings. The molecule has 2 aromatic carbocycles. The highest BCUT2D eigenvalue weighted by Gasteiger charge is 2.17. The molecule has 0 amide bonds. The van der Waals surface area contributed by atoms with Crippen LogP contribution in [0.4, 0.5) is 0 Å². The molecule has 4 nitrogen and oxygen atoms in total. The van der Waals surface area contributed by atoms with Crippen molar-refractivity contribution in [2.75, 3.05) is 13.7 Å². The number of carbonyl (C=O) groups excluding carboxylic acids is 1. The van der Waals surface area contributed by atoms with E-state index in [2.05, 4.69) is 36.6 Å². The van der Waals surface area contributed by atoms with Crippen molar-refractivity contribution in [3.05, 3.63) is 76.6 Å². The lowest BCUT2D eigenvalue weighted by Gasteiger charge is -2.12. The maximum atomic E-state index is 12.7. The molecule has 0 saturated heterocycles. The Balaban J connectivity index is 1.80. The molecule has 0 bridgehead atoms. The fourth-order valence-electron chi connectivity index (χ4n) is 3.21. The molecule has 0 saturated carbocycles. The van der Waals surface area contributed by atoms with Crippen molar-refractivity contribution in [2.24, 2.45) is 0 Å². The van der Waals surface area contributed by atoms with Gasteiger partial charge in [-0.05, 0) is 81.3 Å². The SMILES string of the molecule is COc1ccc(OCC(=O)c2cc(C)n(-c3ccc(C)c(C)c3)c2C)cc1. The Kier molecular flexibility index (Phi) is 5.36. The minimum absolute atomic E-state index is 0.00352. The molecule has 0 aliphatic heterocycles. The van der Waals surface area contributed by atoms with Gasteiger partial charge >= 0.3 is 0 Å². The quantitative estimate of drug-likeness (QED) is 0.580. The lowest BCUT2D eigenvalue weighted by atomic mass is 10.1. The molecule has 0 aliphatic carbocycles. The maximum absolute atomic E-state index is 12.7. The van der Waals surface area contributed by atoms with Crippen LogP contribution in [0.3, 0.4) is 0 Å². The van der Waals surface area contributed by atoms with E-state index in [4.69, 9.17) is 9.47 Å². The smallest absolute Gasteiger partial charge is 0.202 e. The number of carbonyl (C=O) groups is 1. The van der Waals surface area contributed by atoms with Crippen LogP contribution in [0.2, 0.25) is 0 Å². The zero-order valence-electron chi connectivity index (χ0n) is 16.5. The molecule has 0 fully saturated rings. The number of nitrogens with zero attached hydrogens (tertiary/aromatic N) is 1. The molecular formula is C23H25NO3. The average Bonchev–Trinajstić information content (AvgIpc) is 2.97. The van der Waals surface area contributed by atoms with Gasteiger partial charge in [0.15, 0.2) is 6.61 Å². The van der Waals surface area contributed by atoms with Crippen LogP contribution in [0, 0.1) is 27.7 Å². The van der Waals surface area contributed by atoms with Crippen molar-refractivity contribution in [2.45, 2.75) is 27.7 Å². The summed E-state index contributed by atoms with van der Waals surface area (Å²) in [6, 6.07) is 15.5. The van der Waals surface area contributed by atoms with Crippen LogP contribution in [0.1, 0.15) is 32.9 Å². The summed E-state index contributed by atoms with van der Waals surface area (Å²) in [5.41, 5.74) is 6.21. The number of Topliss-reactive ketones (excluding diaryl/α,β-unsaturated/α-hetero) is 1. The summed E-state index contributed by atoms with van der Waals surface area (Å²) in [5, 5.41) is 0. The Bertz CT molecular complexity index is 968. The van der Waals surface area contributed by atoms with E-state index in [9.17, 15) is 4.79 Å². The van der Waals surface area contributed by atoms with Gasteiger partial charge in [0, 0.05) is 22.6 Å². The molecule has 0 radical (unpaired) electrons. The van der Waals surface area contributed by atoms with Gasteiger partial charge in [0.1, 0.15) is 11.5 Å². The highest BCUT2D eigenvalue weighted by Crippen LogP contribution is 2.24. The second-order valence-corrected chi connectivity index (χ2v) is 6.78.